The van der Waals surface area contributed by atoms with E-state index in [4.69, 9.17) is 0 Å². The number of nitrogens with one attached hydrogen (secondary N) is 1. The van der Waals surface area contributed by atoms with Crippen molar-refractivity contribution in [2.75, 3.05) is 18.6 Å². The van der Waals surface area contributed by atoms with Crippen LogP contribution in [0.4, 0.5) is 0 Å². The first-order valence-corrected chi connectivity index (χ1v) is 7.69. The highest BCUT2D eigenvalue weighted by molar-refractivity contribution is 7.98. The number of nitrogens with zero attached hydrogens (tertiary/aromatic N) is 2. The van der Waals surface area contributed by atoms with Crippen LogP contribution < -0.4 is 5.32 Å². The minimum absolute atomic E-state index is 0.222. The lowest BCUT2D eigenvalue weighted by molar-refractivity contribution is 0.0722. The van der Waals surface area contributed by atoms with Crippen molar-refractivity contribution in [2.45, 2.75) is 32.3 Å². The monoisotopic (exact) mass is 285 g/mol. The Morgan fingerprint density at radius 2 is 2.26 bits per heavy atom. The second-order valence-electron chi connectivity index (χ2n) is 5.35. The predicted octanol–water partition coefficient (Wildman–Crippen LogP) is 1.39. The van der Waals surface area contributed by atoms with E-state index in [1.165, 1.54) is 0 Å². The van der Waals surface area contributed by atoms with Gasteiger partial charge in [-0.15, -0.1) is 0 Å². The fourth-order valence-electron chi connectivity index (χ4n) is 1.86. The fraction of sp³-hybridized carbons (Fsp3) is 0.692. The maximum Gasteiger partial charge on any atom is 0.271 e. The third-order valence-corrected chi connectivity index (χ3v) is 3.74. The molecule has 0 aromatic carbocycles. The van der Waals surface area contributed by atoms with E-state index in [1.807, 2.05) is 13.3 Å². The molecule has 0 aliphatic carbocycles. The van der Waals surface area contributed by atoms with Crippen LogP contribution in [0.25, 0.3) is 0 Å². The van der Waals surface area contributed by atoms with Gasteiger partial charge in [0.15, 0.2) is 0 Å². The summed E-state index contributed by atoms with van der Waals surface area (Å²) in [6.45, 7) is 6.05. The van der Waals surface area contributed by atoms with Crippen molar-refractivity contribution < 1.29 is 9.90 Å². The molecule has 6 heteroatoms. The van der Waals surface area contributed by atoms with Crippen molar-refractivity contribution in [3.8, 4) is 0 Å². The molecule has 1 aromatic rings. The number of rotatable bonds is 6. The second kappa shape index (κ2) is 6.43. The highest BCUT2D eigenvalue weighted by Crippen LogP contribution is 2.15. The molecular weight excluding hydrogens is 262 g/mol. The first-order chi connectivity index (χ1) is 8.76. The number of amides is 1. The van der Waals surface area contributed by atoms with Gasteiger partial charge in [0.2, 0.25) is 0 Å². The normalized spacial score (nSPS) is 14.5. The maximum atomic E-state index is 12.0. The van der Waals surface area contributed by atoms with Gasteiger partial charge in [-0.3, -0.25) is 9.48 Å². The molecule has 2 N–H and O–H groups in total. The van der Waals surface area contributed by atoms with Gasteiger partial charge in [-0.2, -0.15) is 16.9 Å². The van der Waals surface area contributed by atoms with Crippen LogP contribution in [-0.2, 0) is 7.05 Å². The topological polar surface area (TPSA) is 67.2 Å². The van der Waals surface area contributed by atoms with Crippen molar-refractivity contribution in [1.29, 1.82) is 0 Å². The van der Waals surface area contributed by atoms with Gasteiger partial charge in [0.05, 0.1) is 5.60 Å². The summed E-state index contributed by atoms with van der Waals surface area (Å²) in [6.07, 6.45) is 1.92. The largest absolute Gasteiger partial charge is 0.387 e. The van der Waals surface area contributed by atoms with Crippen molar-refractivity contribution in [3.05, 3.63) is 17.5 Å². The molecule has 0 spiro atoms. The van der Waals surface area contributed by atoms with E-state index in [0.29, 0.717) is 17.4 Å². The Morgan fingerprint density at radius 1 is 1.63 bits per heavy atom. The van der Waals surface area contributed by atoms with Crippen LogP contribution in [0.2, 0.25) is 0 Å². The quantitative estimate of drug-likeness (QED) is 0.829. The summed E-state index contributed by atoms with van der Waals surface area (Å²) in [5, 5.41) is 16.9. The van der Waals surface area contributed by atoms with Crippen LogP contribution in [0.3, 0.4) is 0 Å². The molecule has 1 amide bonds. The zero-order valence-corrected chi connectivity index (χ0v) is 13.0. The number of carbonyl (C=O) groups excluding carboxylic acids is 1. The third kappa shape index (κ3) is 4.54. The first kappa shape index (κ1) is 16.0. The standard InChI is InChI=1S/C13H23N3O2S/c1-9(2)11-6-10(15-16(11)4)12(17)14-7-13(3,18)8-19-5/h6,9,18H,7-8H2,1-5H3,(H,14,17). The Balaban J connectivity index is 2.66. The molecule has 1 aromatic heterocycles. The molecule has 0 radical (unpaired) electrons. The van der Waals surface area contributed by atoms with E-state index in [-0.39, 0.29) is 12.5 Å². The molecule has 108 valence electrons. The smallest absolute Gasteiger partial charge is 0.271 e. The zero-order chi connectivity index (χ0) is 14.6. The Morgan fingerprint density at radius 3 is 2.74 bits per heavy atom. The summed E-state index contributed by atoms with van der Waals surface area (Å²) in [4.78, 5) is 12.0. The molecule has 0 aliphatic rings. The molecule has 0 saturated heterocycles. The van der Waals surface area contributed by atoms with Gasteiger partial charge in [0, 0.05) is 25.0 Å². The molecule has 0 bridgehead atoms. The SMILES string of the molecule is CSCC(C)(O)CNC(=O)c1cc(C(C)C)n(C)n1. The summed E-state index contributed by atoms with van der Waals surface area (Å²) in [7, 11) is 1.83. The zero-order valence-electron chi connectivity index (χ0n) is 12.2. The molecule has 0 fully saturated rings. The number of aliphatic hydroxyl groups is 1. The maximum absolute atomic E-state index is 12.0. The van der Waals surface area contributed by atoms with Crippen LogP contribution in [0.15, 0.2) is 6.07 Å². The van der Waals surface area contributed by atoms with Gasteiger partial charge in [0.1, 0.15) is 5.69 Å². The molecule has 1 unspecified atom stereocenters. The number of carbonyl (C=O) groups is 1. The van der Waals surface area contributed by atoms with Crippen molar-refractivity contribution in [3.63, 3.8) is 0 Å². The number of hydrogen-bond acceptors (Lipinski definition) is 4. The number of aromatic nitrogens is 2. The van der Waals surface area contributed by atoms with E-state index in [2.05, 4.69) is 24.3 Å². The summed E-state index contributed by atoms with van der Waals surface area (Å²) in [5.74, 6) is 0.648. The van der Waals surface area contributed by atoms with Gasteiger partial charge in [-0.1, -0.05) is 13.8 Å². The molecule has 0 aliphatic heterocycles. The number of thioether (sulfide) groups is 1. The summed E-state index contributed by atoms with van der Waals surface area (Å²) >= 11 is 1.55. The molecule has 1 heterocycles. The Hall–Kier alpha value is -1.01. The number of aryl methyl sites for hydroxylation is 1. The molecule has 0 saturated carbocycles. The molecule has 19 heavy (non-hydrogen) atoms. The van der Waals surface area contributed by atoms with Crippen LogP contribution >= 0.6 is 11.8 Å². The van der Waals surface area contributed by atoms with Crippen LogP contribution in [0.5, 0.6) is 0 Å². The number of hydrogen-bond donors (Lipinski definition) is 2. The molecule has 1 atom stereocenters. The Labute approximate surface area is 118 Å². The third-order valence-electron chi connectivity index (χ3n) is 2.83. The summed E-state index contributed by atoms with van der Waals surface area (Å²) in [6, 6.07) is 1.79. The lowest BCUT2D eigenvalue weighted by Gasteiger charge is -2.22. The second-order valence-corrected chi connectivity index (χ2v) is 6.21. The van der Waals surface area contributed by atoms with Gasteiger partial charge in [-0.05, 0) is 25.2 Å². The van der Waals surface area contributed by atoms with Crippen molar-refractivity contribution in [2.24, 2.45) is 7.05 Å². The van der Waals surface area contributed by atoms with Gasteiger partial charge >= 0.3 is 0 Å². The first-order valence-electron chi connectivity index (χ1n) is 6.30. The lowest BCUT2D eigenvalue weighted by atomic mass is 10.1. The molecule has 5 nitrogen and oxygen atoms in total. The average molecular weight is 285 g/mol. The van der Waals surface area contributed by atoms with Gasteiger partial charge in [-0.25, -0.2) is 0 Å². The van der Waals surface area contributed by atoms with E-state index >= 15 is 0 Å². The summed E-state index contributed by atoms with van der Waals surface area (Å²) < 4.78 is 1.72. The summed E-state index contributed by atoms with van der Waals surface area (Å²) in [5.41, 5.74) is 0.511. The van der Waals surface area contributed by atoms with E-state index in [1.54, 1.807) is 29.4 Å². The molecular formula is C13H23N3O2S. The minimum atomic E-state index is -0.898. The van der Waals surface area contributed by atoms with Gasteiger partial charge < -0.3 is 10.4 Å². The van der Waals surface area contributed by atoms with Crippen molar-refractivity contribution >= 4 is 17.7 Å². The van der Waals surface area contributed by atoms with E-state index in [0.717, 1.165) is 5.69 Å². The average Bonchev–Trinajstić information content (AvgIpc) is 2.68. The van der Waals surface area contributed by atoms with E-state index in [9.17, 15) is 9.90 Å². The van der Waals surface area contributed by atoms with Crippen LogP contribution in [-0.4, -0.2) is 44.9 Å². The Bertz CT molecular complexity index is 441. The molecule has 1 rings (SSSR count). The van der Waals surface area contributed by atoms with Crippen LogP contribution in [0.1, 0.15) is 42.9 Å². The van der Waals surface area contributed by atoms with Crippen LogP contribution in [0, 0.1) is 0 Å². The Kier molecular flexibility index (Phi) is 5.43. The van der Waals surface area contributed by atoms with Gasteiger partial charge in [0.25, 0.3) is 5.91 Å². The highest BCUT2D eigenvalue weighted by Gasteiger charge is 2.22. The van der Waals surface area contributed by atoms with Crippen molar-refractivity contribution in [1.82, 2.24) is 15.1 Å². The fourth-order valence-corrected chi connectivity index (χ4v) is 2.58. The van der Waals surface area contributed by atoms with E-state index < -0.39 is 5.60 Å². The minimum Gasteiger partial charge on any atom is -0.387 e. The lowest BCUT2D eigenvalue weighted by Crippen LogP contribution is -2.42. The predicted molar refractivity (Wildman–Crippen MR) is 78.6 cm³/mol. The highest BCUT2D eigenvalue weighted by atomic mass is 32.2.